The molecule has 1 heterocycles. The van der Waals surface area contributed by atoms with Crippen molar-refractivity contribution in [2.75, 3.05) is 13.1 Å². The number of hydrogen-bond donors (Lipinski definition) is 0. The zero-order chi connectivity index (χ0) is 10.3. The predicted octanol–water partition coefficient (Wildman–Crippen LogP) is 3.01. The molecule has 1 aliphatic heterocycles. The topological polar surface area (TPSA) is 3.24 Å². The van der Waals surface area contributed by atoms with Crippen molar-refractivity contribution in [2.45, 2.75) is 46.6 Å². The third-order valence-electron chi connectivity index (χ3n) is 4.25. The van der Waals surface area contributed by atoms with E-state index in [9.17, 15) is 0 Å². The van der Waals surface area contributed by atoms with E-state index in [2.05, 4.69) is 32.6 Å². The molecule has 1 saturated carbocycles. The van der Waals surface area contributed by atoms with Crippen LogP contribution >= 0.6 is 0 Å². The molecule has 82 valence electrons. The summed E-state index contributed by atoms with van der Waals surface area (Å²) in [5.41, 5.74) is 0. The van der Waals surface area contributed by atoms with Crippen LogP contribution < -0.4 is 0 Å². The molecule has 2 fully saturated rings. The van der Waals surface area contributed by atoms with Crippen LogP contribution in [0.1, 0.15) is 40.5 Å². The van der Waals surface area contributed by atoms with Gasteiger partial charge in [-0.1, -0.05) is 13.8 Å². The third-order valence-corrected chi connectivity index (χ3v) is 4.25. The van der Waals surface area contributed by atoms with Crippen LogP contribution in [0.5, 0.6) is 0 Å². The molecular formula is C13H25N. The number of likely N-dealkylation sites (tertiary alicyclic amines) is 1. The third kappa shape index (κ3) is 1.98. The van der Waals surface area contributed by atoms with Crippen molar-refractivity contribution in [1.82, 2.24) is 4.90 Å². The molecule has 14 heavy (non-hydrogen) atoms. The summed E-state index contributed by atoms with van der Waals surface area (Å²) in [5, 5.41) is 0. The summed E-state index contributed by atoms with van der Waals surface area (Å²) in [6, 6.07) is 0.750. The highest BCUT2D eigenvalue weighted by Crippen LogP contribution is 2.46. The first-order chi connectivity index (χ1) is 6.59. The smallest absolute Gasteiger partial charge is 0.00388 e. The lowest BCUT2D eigenvalue weighted by Crippen LogP contribution is -2.29. The van der Waals surface area contributed by atoms with Gasteiger partial charge in [0.2, 0.25) is 0 Å². The van der Waals surface area contributed by atoms with Gasteiger partial charge in [-0.2, -0.15) is 0 Å². The quantitative estimate of drug-likeness (QED) is 0.669. The van der Waals surface area contributed by atoms with E-state index in [4.69, 9.17) is 0 Å². The molecule has 2 atom stereocenters. The summed E-state index contributed by atoms with van der Waals surface area (Å²) in [6.45, 7) is 12.2. The second kappa shape index (κ2) is 3.84. The average Bonchev–Trinajstić information content (AvgIpc) is 2.83. The van der Waals surface area contributed by atoms with E-state index in [1.165, 1.54) is 25.9 Å². The van der Waals surface area contributed by atoms with Gasteiger partial charge in [-0.3, -0.25) is 0 Å². The van der Waals surface area contributed by atoms with Crippen molar-refractivity contribution in [1.29, 1.82) is 0 Å². The maximum Gasteiger partial charge on any atom is 0.00388 e. The molecule has 1 aliphatic carbocycles. The van der Waals surface area contributed by atoms with Crippen LogP contribution in [-0.4, -0.2) is 24.0 Å². The van der Waals surface area contributed by atoms with Gasteiger partial charge in [0.1, 0.15) is 0 Å². The minimum Gasteiger partial charge on any atom is -0.300 e. The highest BCUT2D eigenvalue weighted by molar-refractivity contribution is 4.94. The van der Waals surface area contributed by atoms with Crippen LogP contribution in [0, 0.1) is 23.7 Å². The summed E-state index contributed by atoms with van der Waals surface area (Å²) in [5.74, 6) is 3.97. The zero-order valence-corrected chi connectivity index (χ0v) is 10.2. The molecule has 0 N–H and O–H groups in total. The maximum absolute atomic E-state index is 2.69. The van der Waals surface area contributed by atoms with E-state index in [0.29, 0.717) is 0 Å². The molecule has 2 unspecified atom stereocenters. The summed E-state index contributed by atoms with van der Waals surface area (Å²) in [6.07, 6.45) is 3.03. The molecule has 1 heteroatoms. The molecular weight excluding hydrogens is 170 g/mol. The van der Waals surface area contributed by atoms with Gasteiger partial charge in [-0.25, -0.2) is 0 Å². The number of nitrogens with zero attached hydrogens (tertiary/aromatic N) is 1. The Kier molecular flexibility index (Phi) is 2.88. The van der Waals surface area contributed by atoms with Crippen LogP contribution in [0.4, 0.5) is 0 Å². The predicted molar refractivity (Wildman–Crippen MR) is 61.3 cm³/mol. The van der Waals surface area contributed by atoms with Crippen molar-refractivity contribution < 1.29 is 0 Å². The molecule has 1 nitrogen and oxygen atoms in total. The van der Waals surface area contributed by atoms with Crippen molar-refractivity contribution in [3.8, 4) is 0 Å². The normalized spacial score (nSPS) is 34.7. The second-order valence-electron chi connectivity index (χ2n) is 5.96. The Labute approximate surface area is 88.9 Å². The summed E-state index contributed by atoms with van der Waals surface area (Å²) in [7, 11) is 0. The largest absolute Gasteiger partial charge is 0.300 e. The lowest BCUT2D eigenvalue weighted by Gasteiger charge is -2.21. The number of rotatable bonds is 3. The molecule has 2 aliphatic rings. The molecule has 0 aromatic carbocycles. The van der Waals surface area contributed by atoms with E-state index >= 15 is 0 Å². The highest BCUT2D eigenvalue weighted by atomic mass is 15.2. The first kappa shape index (κ1) is 10.5. The van der Waals surface area contributed by atoms with Gasteiger partial charge in [-0.05, 0) is 50.4 Å². The van der Waals surface area contributed by atoms with Gasteiger partial charge in [0.05, 0.1) is 0 Å². The minimum absolute atomic E-state index is 0.750. The molecule has 1 saturated heterocycles. The van der Waals surface area contributed by atoms with Crippen molar-refractivity contribution in [3.05, 3.63) is 0 Å². The Balaban J connectivity index is 2.00. The van der Waals surface area contributed by atoms with Crippen LogP contribution in [0.3, 0.4) is 0 Å². The Morgan fingerprint density at radius 2 is 1.64 bits per heavy atom. The monoisotopic (exact) mass is 195 g/mol. The van der Waals surface area contributed by atoms with Crippen molar-refractivity contribution in [3.63, 3.8) is 0 Å². The highest BCUT2D eigenvalue weighted by Gasteiger charge is 2.43. The van der Waals surface area contributed by atoms with Gasteiger partial charge in [-0.15, -0.1) is 0 Å². The summed E-state index contributed by atoms with van der Waals surface area (Å²) >= 11 is 0. The molecule has 0 bridgehead atoms. The fourth-order valence-electron chi connectivity index (χ4n) is 3.04. The zero-order valence-electron chi connectivity index (χ0n) is 10.2. The molecule has 0 spiro atoms. The maximum atomic E-state index is 2.69. The van der Waals surface area contributed by atoms with Gasteiger partial charge < -0.3 is 4.90 Å². The molecule has 0 aromatic rings. The van der Waals surface area contributed by atoms with E-state index in [-0.39, 0.29) is 0 Å². The molecule has 0 aromatic heterocycles. The Morgan fingerprint density at radius 3 is 2.07 bits per heavy atom. The van der Waals surface area contributed by atoms with Crippen molar-refractivity contribution in [2.24, 2.45) is 23.7 Å². The second-order valence-corrected chi connectivity index (χ2v) is 5.96. The fourth-order valence-corrected chi connectivity index (χ4v) is 3.04. The molecule has 0 radical (unpaired) electrons. The summed E-state index contributed by atoms with van der Waals surface area (Å²) < 4.78 is 0. The Bertz CT molecular complexity index is 183. The van der Waals surface area contributed by atoms with E-state index < -0.39 is 0 Å². The van der Waals surface area contributed by atoms with Crippen LogP contribution in [-0.2, 0) is 0 Å². The Morgan fingerprint density at radius 1 is 1.00 bits per heavy atom. The van der Waals surface area contributed by atoms with Gasteiger partial charge in [0.15, 0.2) is 0 Å². The standard InChI is InChI=1S/C13H25N/c1-9(2)12-7-14(10(3)4)8-13(12)11-5-6-11/h9-13H,5-8H2,1-4H3. The van der Waals surface area contributed by atoms with Gasteiger partial charge >= 0.3 is 0 Å². The Hall–Kier alpha value is -0.0400. The minimum atomic E-state index is 0.750. The van der Waals surface area contributed by atoms with E-state index in [1.807, 2.05) is 0 Å². The first-order valence-electron chi connectivity index (χ1n) is 6.33. The SMILES string of the molecule is CC(C)C1CN(C(C)C)CC1C1CC1. The first-order valence-corrected chi connectivity index (χ1v) is 6.33. The molecule has 2 rings (SSSR count). The summed E-state index contributed by atoms with van der Waals surface area (Å²) in [4.78, 5) is 2.69. The van der Waals surface area contributed by atoms with Gasteiger partial charge in [0.25, 0.3) is 0 Å². The average molecular weight is 195 g/mol. The van der Waals surface area contributed by atoms with E-state index in [0.717, 1.165) is 29.7 Å². The van der Waals surface area contributed by atoms with Crippen LogP contribution in [0.25, 0.3) is 0 Å². The van der Waals surface area contributed by atoms with Gasteiger partial charge in [0, 0.05) is 19.1 Å². The number of hydrogen-bond acceptors (Lipinski definition) is 1. The van der Waals surface area contributed by atoms with Crippen LogP contribution in [0.2, 0.25) is 0 Å². The van der Waals surface area contributed by atoms with Crippen LogP contribution in [0.15, 0.2) is 0 Å². The lowest BCUT2D eigenvalue weighted by atomic mass is 9.83. The fraction of sp³-hybridized carbons (Fsp3) is 1.00. The molecule has 0 amide bonds. The van der Waals surface area contributed by atoms with E-state index in [1.54, 1.807) is 0 Å². The lowest BCUT2D eigenvalue weighted by molar-refractivity contribution is 0.253. The van der Waals surface area contributed by atoms with Crippen molar-refractivity contribution >= 4 is 0 Å².